The first-order valence-electron chi connectivity index (χ1n) is 9.94. The van der Waals surface area contributed by atoms with Gasteiger partial charge in [-0.1, -0.05) is 5.16 Å². The fraction of sp³-hybridized carbons (Fsp3) is 0.381. The van der Waals surface area contributed by atoms with Crippen molar-refractivity contribution in [2.45, 2.75) is 38.7 Å². The van der Waals surface area contributed by atoms with Crippen molar-refractivity contribution in [2.75, 3.05) is 13.1 Å². The average Bonchev–Trinajstić information content (AvgIpc) is 3.26. The first-order valence-corrected chi connectivity index (χ1v) is 9.94. The van der Waals surface area contributed by atoms with E-state index in [1.54, 1.807) is 24.2 Å². The van der Waals surface area contributed by atoms with E-state index in [9.17, 15) is 13.6 Å². The Balaban J connectivity index is 1.34. The fourth-order valence-corrected chi connectivity index (χ4v) is 3.43. The molecule has 1 atom stereocenters. The van der Waals surface area contributed by atoms with Crippen LogP contribution in [0.25, 0.3) is 11.6 Å². The monoisotopic (exact) mass is 429 g/mol. The molecule has 1 amide bonds. The van der Waals surface area contributed by atoms with E-state index in [4.69, 9.17) is 9.26 Å². The summed E-state index contributed by atoms with van der Waals surface area (Å²) in [6.45, 7) is 4.35. The third-order valence-electron chi connectivity index (χ3n) is 5.16. The molecule has 8 nitrogen and oxygen atoms in total. The molecule has 1 aromatic carbocycles. The summed E-state index contributed by atoms with van der Waals surface area (Å²) in [7, 11) is 0. The summed E-state index contributed by atoms with van der Waals surface area (Å²) in [6.07, 6.45) is 3.63. The van der Waals surface area contributed by atoms with Crippen molar-refractivity contribution in [2.24, 2.45) is 0 Å². The van der Waals surface area contributed by atoms with Crippen molar-refractivity contribution in [3.8, 4) is 17.3 Å². The standard InChI is InChI=1S/C21H21F2N5O3/c1-12-10-25-17(11-24-12)20-26-19(27-31-20)14-5-7-28(8-6-14)21(29)13(2)30-18-4-3-15(22)9-16(18)23/h3-4,9-11,13-14H,5-8H2,1-2H3/t13-/m0/s1. The largest absolute Gasteiger partial charge is 0.478 e. The first-order chi connectivity index (χ1) is 14.9. The molecule has 31 heavy (non-hydrogen) atoms. The van der Waals surface area contributed by atoms with Crippen molar-refractivity contribution in [1.29, 1.82) is 0 Å². The number of rotatable bonds is 5. The van der Waals surface area contributed by atoms with E-state index in [0.717, 1.165) is 17.8 Å². The van der Waals surface area contributed by atoms with E-state index in [0.29, 0.717) is 43.3 Å². The van der Waals surface area contributed by atoms with Crippen LogP contribution >= 0.6 is 0 Å². The SMILES string of the molecule is Cc1cnc(-c2nc(C3CCN(C(=O)[C@H](C)Oc4ccc(F)cc4F)CC3)no2)cn1. The quantitative estimate of drug-likeness (QED) is 0.614. The summed E-state index contributed by atoms with van der Waals surface area (Å²) in [5, 5.41) is 4.06. The highest BCUT2D eigenvalue weighted by atomic mass is 19.1. The predicted octanol–water partition coefficient (Wildman–Crippen LogP) is 3.29. The lowest BCUT2D eigenvalue weighted by molar-refractivity contribution is -0.139. The van der Waals surface area contributed by atoms with Crippen LogP contribution in [0.5, 0.6) is 5.75 Å². The number of ether oxygens (including phenoxy) is 1. The van der Waals surface area contributed by atoms with Gasteiger partial charge in [-0.15, -0.1) is 0 Å². The Labute approximate surface area is 177 Å². The number of nitrogens with zero attached hydrogens (tertiary/aromatic N) is 5. The van der Waals surface area contributed by atoms with Crippen LogP contribution in [0.2, 0.25) is 0 Å². The van der Waals surface area contributed by atoms with Gasteiger partial charge in [-0.05, 0) is 38.8 Å². The number of hydrogen-bond donors (Lipinski definition) is 0. The van der Waals surface area contributed by atoms with Gasteiger partial charge in [0, 0.05) is 31.3 Å². The minimum Gasteiger partial charge on any atom is -0.478 e. The highest BCUT2D eigenvalue weighted by molar-refractivity contribution is 5.81. The van der Waals surface area contributed by atoms with E-state index in [2.05, 4.69) is 20.1 Å². The average molecular weight is 429 g/mol. The fourth-order valence-electron chi connectivity index (χ4n) is 3.43. The Kier molecular flexibility index (Phi) is 5.88. The number of hydrogen-bond acceptors (Lipinski definition) is 7. The van der Waals surface area contributed by atoms with E-state index in [1.165, 1.54) is 6.07 Å². The predicted molar refractivity (Wildman–Crippen MR) is 105 cm³/mol. The summed E-state index contributed by atoms with van der Waals surface area (Å²) < 4.78 is 37.5. The molecule has 0 N–H and O–H groups in total. The number of aromatic nitrogens is 4. The van der Waals surface area contributed by atoms with Crippen LogP contribution in [0.4, 0.5) is 8.78 Å². The smallest absolute Gasteiger partial charge is 0.278 e. The molecule has 0 aliphatic carbocycles. The highest BCUT2D eigenvalue weighted by Crippen LogP contribution is 2.28. The molecule has 4 rings (SSSR count). The minimum absolute atomic E-state index is 0.0470. The maximum absolute atomic E-state index is 13.8. The van der Waals surface area contributed by atoms with Crippen LogP contribution in [0, 0.1) is 18.6 Å². The third-order valence-corrected chi connectivity index (χ3v) is 5.16. The van der Waals surface area contributed by atoms with Gasteiger partial charge in [0.25, 0.3) is 11.8 Å². The molecule has 162 valence electrons. The second-order valence-corrected chi connectivity index (χ2v) is 7.44. The van der Waals surface area contributed by atoms with E-state index in [1.807, 2.05) is 6.92 Å². The maximum atomic E-state index is 13.8. The number of aryl methyl sites for hydroxylation is 1. The van der Waals surface area contributed by atoms with Crippen LogP contribution in [0.15, 0.2) is 35.1 Å². The number of piperidine rings is 1. The van der Waals surface area contributed by atoms with Crippen LogP contribution in [-0.4, -0.2) is 50.1 Å². The zero-order valence-corrected chi connectivity index (χ0v) is 17.1. The first kappa shape index (κ1) is 20.8. The second kappa shape index (κ2) is 8.75. The molecule has 1 saturated heterocycles. The molecule has 10 heteroatoms. The molecule has 0 saturated carbocycles. The Morgan fingerprint density at radius 1 is 1.23 bits per heavy atom. The topological polar surface area (TPSA) is 94.2 Å². The molecule has 3 aromatic rings. The molecule has 3 heterocycles. The van der Waals surface area contributed by atoms with Gasteiger partial charge in [0.05, 0.1) is 11.9 Å². The third kappa shape index (κ3) is 4.68. The van der Waals surface area contributed by atoms with Crippen molar-refractivity contribution >= 4 is 5.91 Å². The van der Waals surface area contributed by atoms with Crippen LogP contribution in [-0.2, 0) is 4.79 Å². The van der Waals surface area contributed by atoms with Crippen molar-refractivity contribution < 1.29 is 22.8 Å². The molecule has 0 bridgehead atoms. The van der Waals surface area contributed by atoms with E-state index < -0.39 is 17.7 Å². The van der Waals surface area contributed by atoms with E-state index in [-0.39, 0.29) is 17.6 Å². The lowest BCUT2D eigenvalue weighted by Crippen LogP contribution is -2.44. The molecular formula is C21H21F2N5O3. The summed E-state index contributed by atoms with van der Waals surface area (Å²) in [5.74, 6) is -1.03. The molecule has 2 aromatic heterocycles. The maximum Gasteiger partial charge on any atom is 0.278 e. The number of likely N-dealkylation sites (tertiary alicyclic amines) is 1. The minimum atomic E-state index is -0.895. The summed E-state index contributed by atoms with van der Waals surface area (Å²) in [6, 6.07) is 2.98. The summed E-state index contributed by atoms with van der Waals surface area (Å²) in [5.41, 5.74) is 1.30. The molecule has 1 aliphatic rings. The second-order valence-electron chi connectivity index (χ2n) is 7.44. The van der Waals surface area contributed by atoms with Gasteiger partial charge in [-0.2, -0.15) is 4.98 Å². The van der Waals surface area contributed by atoms with Crippen LogP contribution in [0.1, 0.15) is 37.2 Å². The van der Waals surface area contributed by atoms with Crippen molar-refractivity contribution in [3.05, 3.63) is 53.7 Å². The van der Waals surface area contributed by atoms with Gasteiger partial charge >= 0.3 is 0 Å². The molecule has 1 aliphatic heterocycles. The van der Waals surface area contributed by atoms with Gasteiger partial charge in [0.2, 0.25) is 0 Å². The number of halogens is 2. The van der Waals surface area contributed by atoms with Gasteiger partial charge in [-0.25, -0.2) is 13.8 Å². The van der Waals surface area contributed by atoms with Gasteiger partial charge in [0.1, 0.15) is 11.5 Å². The highest BCUT2D eigenvalue weighted by Gasteiger charge is 2.30. The molecule has 1 fully saturated rings. The molecular weight excluding hydrogens is 408 g/mol. The van der Waals surface area contributed by atoms with Gasteiger partial charge < -0.3 is 14.2 Å². The molecule has 0 spiro atoms. The Bertz CT molecular complexity index is 1070. The lowest BCUT2D eigenvalue weighted by Gasteiger charge is -2.32. The number of carbonyl (C=O) groups excluding carboxylic acids is 1. The zero-order chi connectivity index (χ0) is 22.0. The number of carbonyl (C=O) groups is 1. The Morgan fingerprint density at radius 2 is 2.00 bits per heavy atom. The van der Waals surface area contributed by atoms with E-state index >= 15 is 0 Å². The van der Waals surface area contributed by atoms with Crippen molar-refractivity contribution in [1.82, 2.24) is 25.0 Å². The Morgan fingerprint density at radius 3 is 2.68 bits per heavy atom. The normalized spacial score (nSPS) is 15.7. The van der Waals surface area contributed by atoms with Crippen LogP contribution < -0.4 is 4.74 Å². The number of amides is 1. The summed E-state index contributed by atoms with van der Waals surface area (Å²) in [4.78, 5) is 27.2. The lowest BCUT2D eigenvalue weighted by atomic mass is 9.96. The zero-order valence-electron chi connectivity index (χ0n) is 17.1. The van der Waals surface area contributed by atoms with Crippen LogP contribution in [0.3, 0.4) is 0 Å². The molecule has 0 radical (unpaired) electrons. The van der Waals surface area contributed by atoms with Gasteiger partial charge in [-0.3, -0.25) is 9.78 Å². The van der Waals surface area contributed by atoms with Gasteiger partial charge in [0.15, 0.2) is 23.5 Å². The summed E-state index contributed by atoms with van der Waals surface area (Å²) >= 11 is 0. The number of benzene rings is 1. The Hall–Kier alpha value is -3.43. The van der Waals surface area contributed by atoms with Crippen molar-refractivity contribution in [3.63, 3.8) is 0 Å². The molecule has 0 unspecified atom stereocenters.